The number of hydrogen-bond acceptors (Lipinski definition) is 4. The van der Waals surface area contributed by atoms with Crippen molar-refractivity contribution < 1.29 is 19.1 Å². The molecule has 2 amide bonds. The molecule has 212 valence electrons. The van der Waals surface area contributed by atoms with Gasteiger partial charge in [-0.3, -0.25) is 4.79 Å². The maximum Gasteiger partial charge on any atom is 0.410 e. The van der Waals surface area contributed by atoms with Crippen molar-refractivity contribution in [2.24, 2.45) is 0 Å². The summed E-state index contributed by atoms with van der Waals surface area (Å²) < 4.78 is 12.2. The lowest BCUT2D eigenvalue weighted by Gasteiger charge is -2.39. The largest absolute Gasteiger partial charge is 0.444 e. The number of piperidine rings is 1. The monoisotopic (exact) mass is 550 g/mol. The molecule has 1 heterocycles. The Hall–Kier alpha value is -4.16. The number of amides is 2. The number of hydrogen-bond donors (Lipinski definition) is 1. The maximum atomic E-state index is 12.9. The van der Waals surface area contributed by atoms with E-state index in [1.165, 1.54) is 10.8 Å². The van der Waals surface area contributed by atoms with Crippen molar-refractivity contribution >= 4 is 22.8 Å². The lowest BCUT2D eigenvalue weighted by molar-refractivity contribution is -0.0359. The Bertz CT molecular complexity index is 1480. The van der Waals surface area contributed by atoms with Gasteiger partial charge in [0.25, 0.3) is 5.91 Å². The number of carbonyl (C=O) groups is 2. The molecule has 0 bridgehead atoms. The van der Waals surface area contributed by atoms with Gasteiger partial charge in [-0.2, -0.15) is 0 Å². The zero-order valence-electron chi connectivity index (χ0n) is 24.0. The Labute approximate surface area is 242 Å². The van der Waals surface area contributed by atoms with Crippen molar-refractivity contribution in [3.8, 4) is 0 Å². The van der Waals surface area contributed by atoms with E-state index in [9.17, 15) is 9.59 Å². The molecule has 0 spiro atoms. The fourth-order valence-corrected chi connectivity index (χ4v) is 5.25. The SMILES string of the molecule is CC(C)(C)OC(=O)N1CCC(c2ccc(C(=O)NCc3ccccc3)cc2)C(OCc2ccc3ccccc3c2)C1. The molecular weight excluding hydrogens is 512 g/mol. The van der Waals surface area contributed by atoms with Gasteiger partial charge in [-0.25, -0.2) is 4.79 Å². The molecule has 1 fully saturated rings. The van der Waals surface area contributed by atoms with Gasteiger partial charge in [0.2, 0.25) is 0 Å². The van der Waals surface area contributed by atoms with Gasteiger partial charge in [-0.05, 0) is 72.9 Å². The van der Waals surface area contributed by atoms with Crippen LogP contribution in [-0.2, 0) is 22.6 Å². The van der Waals surface area contributed by atoms with E-state index in [0.717, 1.165) is 23.1 Å². The van der Waals surface area contributed by atoms with E-state index in [0.29, 0.717) is 31.8 Å². The van der Waals surface area contributed by atoms with Gasteiger partial charge in [0.15, 0.2) is 0 Å². The summed E-state index contributed by atoms with van der Waals surface area (Å²) in [5.41, 5.74) is 3.29. The smallest absolute Gasteiger partial charge is 0.410 e. The van der Waals surface area contributed by atoms with E-state index in [4.69, 9.17) is 9.47 Å². The number of benzene rings is 4. The lowest BCUT2D eigenvalue weighted by Crippen LogP contribution is -2.48. The summed E-state index contributed by atoms with van der Waals surface area (Å²) in [6.45, 7) is 7.57. The van der Waals surface area contributed by atoms with Gasteiger partial charge < -0.3 is 19.7 Å². The third kappa shape index (κ3) is 7.53. The van der Waals surface area contributed by atoms with Crippen molar-refractivity contribution in [2.45, 2.75) is 58.0 Å². The first-order chi connectivity index (χ1) is 19.7. The molecule has 0 aliphatic carbocycles. The standard InChI is InChI=1S/C35H38N2O4/c1-35(2,3)41-34(39)37-20-19-31(32(23-37)40-24-26-13-14-27-11-7-8-12-30(27)21-26)28-15-17-29(18-16-28)33(38)36-22-25-9-5-4-6-10-25/h4-18,21,31-32H,19-20,22-24H2,1-3H3,(H,36,38). The molecule has 0 radical (unpaired) electrons. The summed E-state index contributed by atoms with van der Waals surface area (Å²) in [5.74, 6) is -0.0279. The second-order valence-electron chi connectivity index (χ2n) is 11.6. The van der Waals surface area contributed by atoms with Gasteiger partial charge in [-0.15, -0.1) is 0 Å². The zero-order valence-corrected chi connectivity index (χ0v) is 24.0. The topological polar surface area (TPSA) is 67.9 Å². The van der Waals surface area contributed by atoms with Crippen LogP contribution in [0.4, 0.5) is 4.79 Å². The molecule has 41 heavy (non-hydrogen) atoms. The van der Waals surface area contributed by atoms with E-state index in [1.54, 1.807) is 4.90 Å². The Balaban J connectivity index is 1.29. The average Bonchev–Trinajstić information content (AvgIpc) is 2.98. The number of carbonyl (C=O) groups excluding carboxylic acids is 2. The molecule has 0 aromatic heterocycles. The summed E-state index contributed by atoms with van der Waals surface area (Å²) in [6.07, 6.45) is 0.197. The number of fused-ring (bicyclic) bond motifs is 1. The van der Waals surface area contributed by atoms with Crippen LogP contribution >= 0.6 is 0 Å². The van der Waals surface area contributed by atoms with Gasteiger partial charge in [-0.1, -0.05) is 78.9 Å². The predicted molar refractivity (Wildman–Crippen MR) is 162 cm³/mol. The van der Waals surface area contributed by atoms with E-state index >= 15 is 0 Å². The van der Waals surface area contributed by atoms with E-state index in [2.05, 4.69) is 35.6 Å². The first-order valence-corrected chi connectivity index (χ1v) is 14.2. The summed E-state index contributed by atoms with van der Waals surface area (Å²) in [4.78, 5) is 27.4. The minimum absolute atomic E-state index is 0.0792. The minimum atomic E-state index is -0.563. The lowest BCUT2D eigenvalue weighted by atomic mass is 9.86. The molecule has 1 aliphatic rings. The average molecular weight is 551 g/mol. The maximum absolute atomic E-state index is 12.9. The van der Waals surface area contributed by atoms with Crippen LogP contribution in [0.15, 0.2) is 97.1 Å². The number of likely N-dealkylation sites (tertiary alicyclic amines) is 1. The Morgan fingerprint density at radius 1 is 0.854 bits per heavy atom. The predicted octanol–water partition coefficient (Wildman–Crippen LogP) is 7.08. The van der Waals surface area contributed by atoms with E-state index < -0.39 is 5.60 Å². The minimum Gasteiger partial charge on any atom is -0.444 e. The van der Waals surface area contributed by atoms with Crippen LogP contribution in [0, 0.1) is 0 Å². The van der Waals surface area contributed by atoms with Gasteiger partial charge in [0, 0.05) is 24.6 Å². The van der Waals surface area contributed by atoms with Gasteiger partial charge in [0.05, 0.1) is 19.3 Å². The third-order valence-corrected chi connectivity index (χ3v) is 7.39. The number of ether oxygens (including phenoxy) is 2. The highest BCUT2D eigenvalue weighted by atomic mass is 16.6. The molecule has 2 unspecified atom stereocenters. The van der Waals surface area contributed by atoms with Crippen molar-refractivity contribution in [3.63, 3.8) is 0 Å². The van der Waals surface area contributed by atoms with Crippen LogP contribution in [0.3, 0.4) is 0 Å². The van der Waals surface area contributed by atoms with Crippen LogP contribution in [0.1, 0.15) is 60.2 Å². The summed E-state index contributed by atoms with van der Waals surface area (Å²) >= 11 is 0. The summed E-state index contributed by atoms with van der Waals surface area (Å²) in [6, 6.07) is 32.3. The van der Waals surface area contributed by atoms with Crippen LogP contribution in [0.5, 0.6) is 0 Å². The Morgan fingerprint density at radius 3 is 2.29 bits per heavy atom. The third-order valence-electron chi connectivity index (χ3n) is 7.39. The molecule has 6 nitrogen and oxygen atoms in total. The molecule has 1 N–H and O–H groups in total. The second kappa shape index (κ2) is 12.6. The normalized spacial score (nSPS) is 17.3. The summed E-state index contributed by atoms with van der Waals surface area (Å²) in [5, 5.41) is 5.35. The van der Waals surface area contributed by atoms with Crippen molar-refractivity contribution in [2.75, 3.05) is 13.1 Å². The number of nitrogens with one attached hydrogen (secondary N) is 1. The zero-order chi connectivity index (χ0) is 28.8. The van der Waals surface area contributed by atoms with Crippen molar-refractivity contribution in [1.29, 1.82) is 0 Å². The molecule has 6 heteroatoms. The Kier molecular flexibility index (Phi) is 8.70. The molecule has 5 rings (SSSR count). The molecule has 4 aromatic carbocycles. The summed E-state index contributed by atoms with van der Waals surface area (Å²) in [7, 11) is 0. The Morgan fingerprint density at radius 2 is 1.56 bits per heavy atom. The highest BCUT2D eigenvalue weighted by molar-refractivity contribution is 5.94. The molecule has 1 saturated heterocycles. The molecule has 2 atom stereocenters. The quantitative estimate of drug-likeness (QED) is 0.267. The fraction of sp³-hybridized carbons (Fsp3) is 0.314. The fourth-order valence-electron chi connectivity index (χ4n) is 5.25. The van der Waals surface area contributed by atoms with E-state index in [1.807, 2.05) is 87.5 Å². The van der Waals surface area contributed by atoms with Crippen molar-refractivity contribution in [3.05, 3.63) is 119 Å². The van der Waals surface area contributed by atoms with Gasteiger partial charge >= 0.3 is 6.09 Å². The highest BCUT2D eigenvalue weighted by Gasteiger charge is 2.35. The first kappa shape index (κ1) is 28.4. The van der Waals surface area contributed by atoms with Crippen LogP contribution < -0.4 is 5.32 Å². The van der Waals surface area contributed by atoms with Gasteiger partial charge in [0.1, 0.15) is 5.60 Å². The van der Waals surface area contributed by atoms with E-state index in [-0.39, 0.29) is 24.0 Å². The van der Waals surface area contributed by atoms with Crippen LogP contribution in [0.2, 0.25) is 0 Å². The van der Waals surface area contributed by atoms with Crippen LogP contribution in [-0.4, -0.2) is 41.7 Å². The molecule has 1 aliphatic heterocycles. The first-order valence-electron chi connectivity index (χ1n) is 14.2. The molecular formula is C35H38N2O4. The molecule has 4 aromatic rings. The number of rotatable bonds is 7. The number of nitrogens with zero attached hydrogens (tertiary/aromatic N) is 1. The van der Waals surface area contributed by atoms with Crippen molar-refractivity contribution in [1.82, 2.24) is 10.2 Å². The second-order valence-corrected chi connectivity index (χ2v) is 11.6. The highest BCUT2D eigenvalue weighted by Crippen LogP contribution is 2.32. The van der Waals surface area contributed by atoms with Crippen LogP contribution in [0.25, 0.3) is 10.8 Å². The molecule has 0 saturated carbocycles.